The molecular formula is C16H25N3O6S. The number of sulfonamides is 1. The molecule has 1 rings (SSSR count). The van der Waals surface area contributed by atoms with Crippen molar-refractivity contribution in [1.29, 1.82) is 0 Å². The summed E-state index contributed by atoms with van der Waals surface area (Å²) in [6.07, 6.45) is 0. The first-order valence-electron chi connectivity index (χ1n) is 7.79. The van der Waals surface area contributed by atoms with Crippen LogP contribution < -0.4 is 15.4 Å². The maximum absolute atomic E-state index is 12.5. The van der Waals surface area contributed by atoms with E-state index in [0.717, 1.165) is 6.92 Å². The molecule has 0 aromatic heterocycles. The normalized spacial score (nSPS) is 14.4. The lowest BCUT2D eigenvalue weighted by Crippen LogP contribution is -2.47. The van der Waals surface area contributed by atoms with Crippen molar-refractivity contribution < 1.29 is 28.2 Å². The molecule has 2 amide bonds. The molecule has 0 aliphatic carbocycles. The van der Waals surface area contributed by atoms with Crippen LogP contribution in [0.3, 0.4) is 0 Å². The lowest BCUT2D eigenvalue weighted by atomic mass is 10.1. The summed E-state index contributed by atoms with van der Waals surface area (Å²) < 4.78 is 27.5. The lowest BCUT2D eigenvalue weighted by Gasteiger charge is -2.21. The third-order valence-corrected chi connectivity index (χ3v) is 5.13. The number of aliphatic carboxylic acids is 1. The van der Waals surface area contributed by atoms with Crippen molar-refractivity contribution in [2.45, 2.75) is 50.7 Å². The molecule has 26 heavy (non-hydrogen) atoms. The molecule has 10 heteroatoms. The number of hydrogen-bond donors (Lipinski definition) is 5. The van der Waals surface area contributed by atoms with Gasteiger partial charge in [-0.25, -0.2) is 22.7 Å². The van der Waals surface area contributed by atoms with Gasteiger partial charge in [0.25, 0.3) is 0 Å². The van der Waals surface area contributed by atoms with Gasteiger partial charge in [0, 0.05) is 11.2 Å². The van der Waals surface area contributed by atoms with E-state index in [4.69, 9.17) is 5.11 Å². The summed E-state index contributed by atoms with van der Waals surface area (Å²) >= 11 is 0. The van der Waals surface area contributed by atoms with Crippen molar-refractivity contribution in [3.63, 3.8) is 0 Å². The maximum Gasteiger partial charge on any atom is 0.337 e. The number of aryl methyl sites for hydroxylation is 1. The topological polar surface area (TPSA) is 145 Å². The molecule has 0 heterocycles. The van der Waals surface area contributed by atoms with Crippen LogP contribution >= 0.6 is 0 Å². The molecule has 0 aliphatic heterocycles. The van der Waals surface area contributed by atoms with Crippen molar-refractivity contribution in [1.82, 2.24) is 10.0 Å². The van der Waals surface area contributed by atoms with Crippen molar-refractivity contribution in [3.05, 3.63) is 23.8 Å². The fourth-order valence-corrected chi connectivity index (χ4v) is 3.62. The maximum atomic E-state index is 12.5. The number of carboxylic acids is 1. The second kappa shape index (κ2) is 7.60. The highest BCUT2D eigenvalue weighted by Gasteiger charge is 2.30. The monoisotopic (exact) mass is 387 g/mol. The minimum atomic E-state index is -3.79. The number of urea groups is 1. The van der Waals surface area contributed by atoms with Crippen molar-refractivity contribution >= 4 is 27.7 Å². The highest BCUT2D eigenvalue weighted by molar-refractivity contribution is 7.89. The van der Waals surface area contributed by atoms with Crippen molar-refractivity contribution in [2.75, 3.05) is 11.9 Å². The van der Waals surface area contributed by atoms with E-state index in [-0.39, 0.29) is 10.6 Å². The van der Waals surface area contributed by atoms with Gasteiger partial charge in [0.15, 0.2) is 5.60 Å². The van der Waals surface area contributed by atoms with Gasteiger partial charge in [-0.15, -0.1) is 0 Å². The fourth-order valence-electron chi connectivity index (χ4n) is 1.93. The van der Waals surface area contributed by atoms with Crippen LogP contribution in [0.5, 0.6) is 0 Å². The highest BCUT2D eigenvalue weighted by Crippen LogP contribution is 2.21. The highest BCUT2D eigenvalue weighted by atomic mass is 32.2. The van der Waals surface area contributed by atoms with Crippen molar-refractivity contribution in [2.24, 2.45) is 0 Å². The van der Waals surface area contributed by atoms with E-state index < -0.39 is 39.7 Å². The number of benzene rings is 1. The number of carboxylic acid groups (broad SMARTS) is 1. The largest absolute Gasteiger partial charge is 0.479 e. The minimum absolute atomic E-state index is 0.0164. The van der Waals surface area contributed by atoms with Gasteiger partial charge < -0.3 is 20.8 Å². The molecule has 0 bridgehead atoms. The Balaban J connectivity index is 2.94. The molecule has 146 valence electrons. The van der Waals surface area contributed by atoms with E-state index in [1.807, 2.05) is 0 Å². The third kappa shape index (κ3) is 6.28. The molecule has 9 nitrogen and oxygen atoms in total. The van der Waals surface area contributed by atoms with Crippen LogP contribution in [-0.4, -0.2) is 48.3 Å². The third-order valence-electron chi connectivity index (χ3n) is 3.23. The lowest BCUT2D eigenvalue weighted by molar-refractivity contribution is -0.155. The van der Waals surface area contributed by atoms with E-state index in [1.165, 1.54) is 12.1 Å². The zero-order chi connectivity index (χ0) is 20.3. The SMILES string of the molecule is Cc1ccc(NC(=O)NCC(C)(O)C(=O)O)cc1S(=O)(=O)NC(C)(C)C. The average molecular weight is 387 g/mol. The van der Waals surface area contributed by atoms with Gasteiger partial charge in [0.05, 0.1) is 11.4 Å². The smallest absolute Gasteiger partial charge is 0.337 e. The Hall–Kier alpha value is -2.17. The summed E-state index contributed by atoms with van der Waals surface area (Å²) in [5, 5.41) is 23.0. The molecule has 0 fully saturated rings. The van der Waals surface area contributed by atoms with E-state index in [0.29, 0.717) is 5.56 Å². The number of carbonyl (C=O) groups is 2. The van der Waals surface area contributed by atoms with E-state index in [2.05, 4.69) is 15.4 Å². The Morgan fingerprint density at radius 3 is 2.23 bits per heavy atom. The van der Waals surface area contributed by atoms with Crippen LogP contribution in [0.15, 0.2) is 23.1 Å². The van der Waals surface area contributed by atoms with Crippen LogP contribution in [0.4, 0.5) is 10.5 Å². The van der Waals surface area contributed by atoms with Crippen LogP contribution in [0.1, 0.15) is 33.3 Å². The number of rotatable bonds is 6. The Bertz CT molecular complexity index is 797. The molecule has 0 aliphatic rings. The van der Waals surface area contributed by atoms with Gasteiger partial charge in [-0.2, -0.15) is 0 Å². The van der Waals surface area contributed by atoms with Crippen LogP contribution in [0, 0.1) is 6.92 Å². The molecule has 0 spiro atoms. The zero-order valence-electron chi connectivity index (χ0n) is 15.4. The summed E-state index contributed by atoms with van der Waals surface area (Å²) in [4.78, 5) is 22.7. The van der Waals surface area contributed by atoms with E-state index in [1.54, 1.807) is 33.8 Å². The Morgan fingerprint density at radius 2 is 1.73 bits per heavy atom. The molecule has 5 N–H and O–H groups in total. The Morgan fingerprint density at radius 1 is 1.15 bits per heavy atom. The first-order chi connectivity index (χ1) is 11.6. The minimum Gasteiger partial charge on any atom is -0.479 e. The molecule has 1 aromatic carbocycles. The van der Waals surface area contributed by atoms with Gasteiger partial charge in [-0.1, -0.05) is 6.07 Å². The van der Waals surface area contributed by atoms with E-state index >= 15 is 0 Å². The standard InChI is InChI=1S/C16H25N3O6S/c1-10-6-7-11(8-12(10)26(24,25)19-15(2,3)4)18-14(22)17-9-16(5,23)13(20)21/h6-8,19,23H,9H2,1-5H3,(H,20,21)(H2,17,18,22). The zero-order valence-corrected chi connectivity index (χ0v) is 16.2. The quantitative estimate of drug-likeness (QED) is 0.493. The number of hydrogen-bond acceptors (Lipinski definition) is 5. The molecule has 1 aromatic rings. The molecule has 0 saturated heterocycles. The summed E-state index contributed by atoms with van der Waals surface area (Å²) in [5.74, 6) is -1.48. The summed E-state index contributed by atoms with van der Waals surface area (Å²) in [5.41, 5.74) is -2.08. The molecule has 1 atom stereocenters. The van der Waals surface area contributed by atoms with Gasteiger partial charge in [0.2, 0.25) is 10.0 Å². The summed E-state index contributed by atoms with van der Waals surface area (Å²) in [6, 6.07) is 3.58. The van der Waals surface area contributed by atoms with E-state index in [9.17, 15) is 23.1 Å². The van der Waals surface area contributed by atoms with Gasteiger partial charge in [-0.05, 0) is 52.3 Å². The van der Waals surface area contributed by atoms with Gasteiger partial charge >= 0.3 is 12.0 Å². The number of aliphatic hydroxyl groups is 1. The molecule has 0 saturated carbocycles. The van der Waals surface area contributed by atoms with Crippen LogP contribution in [-0.2, 0) is 14.8 Å². The number of amides is 2. The Labute approximate surface area is 152 Å². The first kappa shape index (κ1) is 21.9. The van der Waals surface area contributed by atoms with Crippen LogP contribution in [0.25, 0.3) is 0 Å². The predicted octanol–water partition coefficient (Wildman–Crippen LogP) is 1.03. The summed E-state index contributed by atoms with van der Waals surface area (Å²) in [6.45, 7) is 7.30. The second-order valence-electron chi connectivity index (χ2n) is 7.22. The summed E-state index contributed by atoms with van der Waals surface area (Å²) in [7, 11) is -3.79. The molecule has 0 radical (unpaired) electrons. The molecular weight excluding hydrogens is 362 g/mol. The fraction of sp³-hybridized carbons (Fsp3) is 0.500. The number of nitrogens with one attached hydrogen (secondary N) is 3. The second-order valence-corrected chi connectivity index (χ2v) is 8.87. The average Bonchev–Trinajstić information content (AvgIpc) is 2.44. The number of anilines is 1. The number of carbonyl (C=O) groups excluding carboxylic acids is 1. The predicted molar refractivity (Wildman–Crippen MR) is 96.5 cm³/mol. The molecule has 1 unspecified atom stereocenters. The van der Waals surface area contributed by atoms with Crippen LogP contribution in [0.2, 0.25) is 0 Å². The van der Waals surface area contributed by atoms with Crippen molar-refractivity contribution in [3.8, 4) is 0 Å². The first-order valence-corrected chi connectivity index (χ1v) is 9.28. The Kier molecular flexibility index (Phi) is 6.40. The van der Waals surface area contributed by atoms with Gasteiger partial charge in [0.1, 0.15) is 0 Å². The van der Waals surface area contributed by atoms with Gasteiger partial charge in [-0.3, -0.25) is 0 Å².